The molecule has 0 heterocycles. The molecule has 3 N–H and O–H groups in total. The van der Waals surface area contributed by atoms with Gasteiger partial charge in [-0.15, -0.1) is 0 Å². The van der Waals surface area contributed by atoms with Crippen molar-refractivity contribution < 1.29 is 18.3 Å². The lowest BCUT2D eigenvalue weighted by Crippen LogP contribution is -2.48. The second-order valence-corrected chi connectivity index (χ2v) is 6.67. The zero-order valence-electron chi connectivity index (χ0n) is 10.9. The minimum atomic E-state index is -3.58. The van der Waals surface area contributed by atoms with Crippen LogP contribution in [-0.2, 0) is 15.0 Å². The van der Waals surface area contributed by atoms with Crippen molar-refractivity contribution in [3.05, 3.63) is 0 Å². The standard InChI is InChI=1S/C11H22N2O4S/c1-3-12-18(16,17)13-8-11(10(14)15)6-4-9(2)5-7-11/h9,12-13H,3-8H2,1-2H3,(H,14,15). The SMILES string of the molecule is CCNS(=O)(=O)NCC1(C(=O)O)CCC(C)CC1. The van der Waals surface area contributed by atoms with Crippen molar-refractivity contribution in [2.24, 2.45) is 11.3 Å². The first kappa shape index (κ1) is 15.4. The van der Waals surface area contributed by atoms with E-state index in [9.17, 15) is 18.3 Å². The van der Waals surface area contributed by atoms with Gasteiger partial charge in [0, 0.05) is 13.1 Å². The van der Waals surface area contributed by atoms with Gasteiger partial charge in [-0.3, -0.25) is 4.79 Å². The number of hydrogen-bond acceptors (Lipinski definition) is 3. The van der Waals surface area contributed by atoms with Gasteiger partial charge in [-0.05, 0) is 31.6 Å². The smallest absolute Gasteiger partial charge is 0.310 e. The Hall–Kier alpha value is -0.660. The second kappa shape index (κ2) is 5.99. The summed E-state index contributed by atoms with van der Waals surface area (Å²) in [6.07, 6.45) is 2.71. The Balaban J connectivity index is 2.68. The van der Waals surface area contributed by atoms with E-state index >= 15 is 0 Å². The van der Waals surface area contributed by atoms with E-state index in [0.717, 1.165) is 12.8 Å². The first-order chi connectivity index (χ1) is 8.31. The molecule has 0 unspecified atom stereocenters. The quantitative estimate of drug-likeness (QED) is 0.667. The summed E-state index contributed by atoms with van der Waals surface area (Å²) in [5.74, 6) is -0.392. The summed E-state index contributed by atoms with van der Waals surface area (Å²) in [4.78, 5) is 11.4. The summed E-state index contributed by atoms with van der Waals surface area (Å²) in [7, 11) is -3.58. The third-order valence-electron chi connectivity index (χ3n) is 3.62. The molecule has 0 aliphatic heterocycles. The molecule has 18 heavy (non-hydrogen) atoms. The van der Waals surface area contributed by atoms with Gasteiger partial charge in [0.15, 0.2) is 0 Å². The Morgan fingerprint density at radius 3 is 2.33 bits per heavy atom. The van der Waals surface area contributed by atoms with Crippen molar-refractivity contribution in [3.63, 3.8) is 0 Å². The molecule has 0 radical (unpaired) electrons. The Kier molecular flexibility index (Phi) is 5.12. The fourth-order valence-electron chi connectivity index (χ4n) is 2.26. The van der Waals surface area contributed by atoms with Crippen LogP contribution in [0.25, 0.3) is 0 Å². The molecule has 0 amide bonds. The fourth-order valence-corrected chi connectivity index (χ4v) is 3.20. The topological polar surface area (TPSA) is 95.5 Å². The number of carboxylic acids is 1. The summed E-state index contributed by atoms with van der Waals surface area (Å²) in [6.45, 7) is 4.01. The number of rotatable bonds is 6. The molecule has 0 aromatic rings. The zero-order chi connectivity index (χ0) is 13.8. The van der Waals surface area contributed by atoms with Crippen LogP contribution in [0.5, 0.6) is 0 Å². The lowest BCUT2D eigenvalue weighted by atomic mass is 9.71. The second-order valence-electron chi connectivity index (χ2n) is 5.09. The molecule has 1 saturated carbocycles. The molecule has 0 atom stereocenters. The first-order valence-electron chi connectivity index (χ1n) is 6.29. The molecule has 1 fully saturated rings. The van der Waals surface area contributed by atoms with Gasteiger partial charge in [0.05, 0.1) is 5.41 Å². The van der Waals surface area contributed by atoms with E-state index < -0.39 is 21.6 Å². The molecule has 0 aromatic heterocycles. The van der Waals surface area contributed by atoms with Gasteiger partial charge >= 0.3 is 5.97 Å². The molecule has 1 aliphatic carbocycles. The average molecular weight is 278 g/mol. The third-order valence-corrected chi connectivity index (χ3v) is 4.81. The predicted octanol–water partition coefficient (Wildman–Crippen LogP) is 0.711. The highest BCUT2D eigenvalue weighted by Crippen LogP contribution is 2.38. The number of hydrogen-bond donors (Lipinski definition) is 3. The number of carbonyl (C=O) groups is 1. The molecule has 1 rings (SSSR count). The predicted molar refractivity (Wildman–Crippen MR) is 68.3 cm³/mol. The van der Waals surface area contributed by atoms with Gasteiger partial charge in [-0.2, -0.15) is 8.42 Å². The van der Waals surface area contributed by atoms with Crippen molar-refractivity contribution in [1.82, 2.24) is 9.44 Å². The number of aliphatic carboxylic acids is 1. The van der Waals surface area contributed by atoms with Crippen LogP contribution in [0.2, 0.25) is 0 Å². The molecule has 0 aromatic carbocycles. The lowest BCUT2D eigenvalue weighted by molar-refractivity contribution is -0.151. The molecular formula is C11H22N2O4S. The maximum Gasteiger partial charge on any atom is 0.310 e. The highest BCUT2D eigenvalue weighted by Gasteiger charge is 2.41. The van der Waals surface area contributed by atoms with Gasteiger partial charge in [-0.1, -0.05) is 13.8 Å². The summed E-state index contributed by atoms with van der Waals surface area (Å²) in [6, 6.07) is 0. The fraction of sp³-hybridized carbons (Fsp3) is 0.909. The summed E-state index contributed by atoms with van der Waals surface area (Å²) in [5, 5.41) is 9.35. The van der Waals surface area contributed by atoms with E-state index in [1.165, 1.54) is 0 Å². The van der Waals surface area contributed by atoms with Gasteiger partial charge in [0.25, 0.3) is 10.2 Å². The monoisotopic (exact) mass is 278 g/mol. The van der Waals surface area contributed by atoms with Crippen LogP contribution in [0.1, 0.15) is 39.5 Å². The minimum absolute atomic E-state index is 0.0373. The summed E-state index contributed by atoms with van der Waals surface area (Å²) < 4.78 is 27.6. The van der Waals surface area contributed by atoms with Gasteiger partial charge in [-0.25, -0.2) is 9.44 Å². The molecule has 0 saturated heterocycles. The van der Waals surface area contributed by atoms with E-state index in [2.05, 4.69) is 16.4 Å². The Labute approximate surface area is 108 Å². The molecule has 106 valence electrons. The van der Waals surface area contributed by atoms with Crippen molar-refractivity contribution in [2.75, 3.05) is 13.1 Å². The van der Waals surface area contributed by atoms with E-state index in [4.69, 9.17) is 0 Å². The average Bonchev–Trinajstić information content (AvgIpc) is 2.28. The maximum absolute atomic E-state index is 11.5. The van der Waals surface area contributed by atoms with Crippen molar-refractivity contribution in [1.29, 1.82) is 0 Å². The number of nitrogens with one attached hydrogen (secondary N) is 2. The normalized spacial score (nSPS) is 29.1. The molecule has 0 spiro atoms. The van der Waals surface area contributed by atoms with E-state index in [0.29, 0.717) is 18.8 Å². The van der Waals surface area contributed by atoms with Crippen molar-refractivity contribution in [3.8, 4) is 0 Å². The molecule has 6 nitrogen and oxygen atoms in total. The van der Waals surface area contributed by atoms with Crippen LogP contribution in [0.3, 0.4) is 0 Å². The highest BCUT2D eigenvalue weighted by molar-refractivity contribution is 7.87. The molecule has 7 heteroatoms. The lowest BCUT2D eigenvalue weighted by Gasteiger charge is -2.35. The van der Waals surface area contributed by atoms with E-state index in [1.54, 1.807) is 6.92 Å². The zero-order valence-corrected chi connectivity index (χ0v) is 11.7. The van der Waals surface area contributed by atoms with Crippen molar-refractivity contribution >= 4 is 16.2 Å². The first-order valence-corrected chi connectivity index (χ1v) is 7.77. The Morgan fingerprint density at radius 1 is 1.33 bits per heavy atom. The van der Waals surface area contributed by atoms with Crippen LogP contribution in [0.15, 0.2) is 0 Å². The van der Waals surface area contributed by atoms with Crippen LogP contribution >= 0.6 is 0 Å². The number of carboxylic acid groups (broad SMARTS) is 1. The van der Waals surface area contributed by atoms with E-state index in [-0.39, 0.29) is 13.1 Å². The van der Waals surface area contributed by atoms with E-state index in [1.807, 2.05) is 0 Å². The molecule has 1 aliphatic rings. The van der Waals surface area contributed by atoms with Gasteiger partial charge < -0.3 is 5.11 Å². The van der Waals surface area contributed by atoms with Gasteiger partial charge in [0.2, 0.25) is 0 Å². The maximum atomic E-state index is 11.5. The van der Waals surface area contributed by atoms with Crippen LogP contribution in [0.4, 0.5) is 0 Å². The Morgan fingerprint density at radius 2 is 1.89 bits per heavy atom. The minimum Gasteiger partial charge on any atom is -0.481 e. The van der Waals surface area contributed by atoms with Crippen molar-refractivity contribution in [2.45, 2.75) is 39.5 Å². The molecular weight excluding hydrogens is 256 g/mol. The summed E-state index contributed by atoms with van der Waals surface area (Å²) >= 11 is 0. The van der Waals surface area contributed by atoms with Gasteiger partial charge in [0.1, 0.15) is 0 Å². The largest absolute Gasteiger partial charge is 0.481 e. The van der Waals surface area contributed by atoms with Crippen LogP contribution in [0, 0.1) is 11.3 Å². The van der Waals surface area contributed by atoms with Crippen LogP contribution < -0.4 is 9.44 Å². The third kappa shape index (κ3) is 3.93. The molecule has 0 bridgehead atoms. The Bertz CT molecular complexity index is 386. The van der Waals surface area contributed by atoms with Crippen LogP contribution in [-0.4, -0.2) is 32.6 Å². The summed E-state index contributed by atoms with van der Waals surface area (Å²) in [5.41, 5.74) is -0.949. The highest BCUT2D eigenvalue weighted by atomic mass is 32.2.